The number of aryl methyl sites for hydroxylation is 1. The highest BCUT2D eigenvalue weighted by Crippen LogP contribution is 2.27. The van der Waals surface area contributed by atoms with Crippen molar-refractivity contribution in [1.82, 2.24) is 4.98 Å². The van der Waals surface area contributed by atoms with E-state index in [1.54, 1.807) is 6.08 Å². The Morgan fingerprint density at radius 3 is 2.86 bits per heavy atom. The van der Waals surface area contributed by atoms with Crippen molar-refractivity contribution in [3.05, 3.63) is 27.2 Å². The fraction of sp³-hybridized carbons (Fsp3) is 0.333. The van der Waals surface area contributed by atoms with Gasteiger partial charge in [-0.2, -0.15) is 0 Å². The quantitative estimate of drug-likeness (QED) is 0.616. The highest BCUT2D eigenvalue weighted by Gasteiger charge is 2.22. The zero-order valence-electron chi connectivity index (χ0n) is 7.74. The monoisotopic (exact) mass is 229 g/mol. The number of carboxylic acid groups (broad SMARTS) is 1. The van der Waals surface area contributed by atoms with E-state index in [-0.39, 0.29) is 0 Å². The van der Waals surface area contributed by atoms with Crippen LogP contribution in [0, 0.1) is 10.9 Å². The number of hydrogen-bond donors (Lipinski definition) is 2. The highest BCUT2D eigenvalue weighted by atomic mass is 32.1. The topological polar surface area (TPSA) is 53.1 Å². The van der Waals surface area contributed by atoms with E-state index in [9.17, 15) is 4.79 Å². The predicted molar refractivity (Wildman–Crippen MR) is 59.4 cm³/mol. The van der Waals surface area contributed by atoms with E-state index < -0.39 is 11.9 Å². The van der Waals surface area contributed by atoms with Gasteiger partial charge in [-0.25, -0.2) is 0 Å². The molecule has 3 nitrogen and oxygen atoms in total. The molecule has 0 bridgehead atoms. The van der Waals surface area contributed by atoms with Crippen LogP contribution in [0.1, 0.15) is 22.9 Å². The Kier molecular flexibility index (Phi) is 3.60. The minimum Gasteiger partial charge on any atom is -0.481 e. The van der Waals surface area contributed by atoms with Crippen molar-refractivity contribution in [2.24, 2.45) is 0 Å². The SMILES string of the molecule is C=CCC(C(=O)O)c1sc(=S)[nH]c1C. The molecule has 14 heavy (non-hydrogen) atoms. The molecule has 1 rings (SSSR count). The second kappa shape index (κ2) is 4.52. The zero-order chi connectivity index (χ0) is 10.7. The molecule has 1 atom stereocenters. The number of aromatic nitrogens is 1. The molecule has 1 aromatic heterocycles. The Morgan fingerprint density at radius 1 is 1.86 bits per heavy atom. The first-order valence-corrected chi connectivity index (χ1v) is 5.32. The Hall–Kier alpha value is -0.940. The standard InChI is InChI=1S/C9H11NO2S2/c1-3-4-6(8(11)12)7-5(2)10-9(13)14-7/h3,6H,1,4H2,2H3,(H,10,13)(H,11,12). The van der Waals surface area contributed by atoms with E-state index in [0.717, 1.165) is 10.6 Å². The Bertz CT molecular complexity index is 405. The summed E-state index contributed by atoms with van der Waals surface area (Å²) in [4.78, 5) is 14.7. The van der Waals surface area contributed by atoms with E-state index in [2.05, 4.69) is 11.6 Å². The normalized spacial score (nSPS) is 12.4. The van der Waals surface area contributed by atoms with Gasteiger partial charge in [-0.3, -0.25) is 4.79 Å². The molecule has 0 aliphatic carbocycles. The second-order valence-corrected chi connectivity index (χ2v) is 4.64. The third-order valence-corrected chi connectivity index (χ3v) is 3.33. The highest BCUT2D eigenvalue weighted by molar-refractivity contribution is 7.73. The average Bonchev–Trinajstić information content (AvgIpc) is 2.40. The molecule has 1 aromatic rings. The van der Waals surface area contributed by atoms with Crippen LogP contribution in [-0.4, -0.2) is 16.1 Å². The molecule has 0 radical (unpaired) electrons. The van der Waals surface area contributed by atoms with E-state index in [0.29, 0.717) is 10.4 Å². The second-order valence-electron chi connectivity index (χ2n) is 2.92. The Morgan fingerprint density at radius 2 is 2.50 bits per heavy atom. The molecular formula is C9H11NO2S2. The molecule has 0 fully saturated rings. The summed E-state index contributed by atoms with van der Waals surface area (Å²) in [6.07, 6.45) is 2.04. The molecule has 2 N–H and O–H groups in total. The summed E-state index contributed by atoms with van der Waals surface area (Å²) in [7, 11) is 0. The fourth-order valence-electron chi connectivity index (χ4n) is 1.24. The first-order chi connectivity index (χ1) is 6.56. The predicted octanol–water partition coefficient (Wildman–Crippen LogP) is 2.86. The molecule has 0 spiro atoms. The van der Waals surface area contributed by atoms with Gasteiger partial charge in [0.25, 0.3) is 0 Å². The summed E-state index contributed by atoms with van der Waals surface area (Å²) >= 11 is 6.28. The zero-order valence-corrected chi connectivity index (χ0v) is 9.37. The maximum absolute atomic E-state index is 11.0. The molecule has 0 aliphatic rings. The van der Waals surface area contributed by atoms with Gasteiger partial charge < -0.3 is 10.1 Å². The van der Waals surface area contributed by atoms with Crippen LogP contribution in [-0.2, 0) is 4.79 Å². The van der Waals surface area contributed by atoms with Gasteiger partial charge in [0.1, 0.15) is 0 Å². The number of rotatable bonds is 4. The number of aromatic amines is 1. The molecule has 0 amide bonds. The molecule has 0 aromatic carbocycles. The third-order valence-electron chi connectivity index (χ3n) is 1.88. The van der Waals surface area contributed by atoms with E-state index in [1.807, 2.05) is 6.92 Å². The number of nitrogens with one attached hydrogen (secondary N) is 1. The van der Waals surface area contributed by atoms with Crippen molar-refractivity contribution in [3.8, 4) is 0 Å². The molecule has 0 aliphatic heterocycles. The van der Waals surface area contributed by atoms with Crippen LogP contribution in [0.3, 0.4) is 0 Å². The summed E-state index contributed by atoms with van der Waals surface area (Å²) in [6.45, 7) is 5.38. The summed E-state index contributed by atoms with van der Waals surface area (Å²) in [5, 5.41) is 9.00. The van der Waals surface area contributed by atoms with Crippen LogP contribution >= 0.6 is 23.6 Å². The summed E-state index contributed by atoms with van der Waals surface area (Å²) in [5.41, 5.74) is 0.842. The van der Waals surface area contributed by atoms with Crippen LogP contribution in [0.4, 0.5) is 0 Å². The summed E-state index contributed by atoms with van der Waals surface area (Å²) < 4.78 is 0.618. The Labute approximate surface area is 91.1 Å². The lowest BCUT2D eigenvalue weighted by atomic mass is 10.0. The van der Waals surface area contributed by atoms with Crippen LogP contribution in [0.2, 0.25) is 0 Å². The first kappa shape index (κ1) is 11.1. The van der Waals surface area contributed by atoms with Crippen molar-refractivity contribution in [1.29, 1.82) is 0 Å². The lowest BCUT2D eigenvalue weighted by molar-refractivity contribution is -0.138. The van der Waals surface area contributed by atoms with Gasteiger partial charge in [0, 0.05) is 10.6 Å². The van der Waals surface area contributed by atoms with Crippen molar-refractivity contribution >= 4 is 29.5 Å². The van der Waals surface area contributed by atoms with E-state index in [1.165, 1.54) is 11.3 Å². The molecule has 1 heterocycles. The smallest absolute Gasteiger partial charge is 0.312 e. The van der Waals surface area contributed by atoms with Crippen LogP contribution < -0.4 is 0 Å². The summed E-state index contributed by atoms with van der Waals surface area (Å²) in [6, 6.07) is 0. The van der Waals surface area contributed by atoms with Crippen molar-refractivity contribution in [2.45, 2.75) is 19.3 Å². The number of hydrogen-bond acceptors (Lipinski definition) is 3. The minimum absolute atomic E-state index is 0.430. The molecule has 0 saturated heterocycles. The van der Waals surface area contributed by atoms with Gasteiger partial charge in [0.15, 0.2) is 3.95 Å². The lowest BCUT2D eigenvalue weighted by Gasteiger charge is -2.07. The molecular weight excluding hydrogens is 218 g/mol. The fourth-order valence-corrected chi connectivity index (χ4v) is 2.61. The van der Waals surface area contributed by atoms with Crippen LogP contribution in [0.25, 0.3) is 0 Å². The number of allylic oxidation sites excluding steroid dienone is 1. The van der Waals surface area contributed by atoms with Crippen LogP contribution in [0.15, 0.2) is 12.7 Å². The van der Waals surface area contributed by atoms with Gasteiger partial charge in [0.05, 0.1) is 5.92 Å². The molecule has 1 unspecified atom stereocenters. The van der Waals surface area contributed by atoms with Gasteiger partial charge >= 0.3 is 5.97 Å². The number of carboxylic acids is 1. The van der Waals surface area contributed by atoms with Gasteiger partial charge in [0.2, 0.25) is 0 Å². The number of thiazole rings is 1. The number of aliphatic carboxylic acids is 1. The van der Waals surface area contributed by atoms with Crippen LogP contribution in [0.5, 0.6) is 0 Å². The van der Waals surface area contributed by atoms with Gasteiger partial charge in [-0.05, 0) is 25.6 Å². The van der Waals surface area contributed by atoms with Crippen molar-refractivity contribution in [2.75, 3.05) is 0 Å². The molecule has 0 saturated carbocycles. The maximum atomic E-state index is 11.0. The number of carbonyl (C=O) groups is 1. The lowest BCUT2D eigenvalue weighted by Crippen LogP contribution is -2.10. The summed E-state index contributed by atoms with van der Waals surface area (Å²) in [5.74, 6) is -1.36. The first-order valence-electron chi connectivity index (χ1n) is 4.09. The van der Waals surface area contributed by atoms with Gasteiger partial charge in [-0.1, -0.05) is 6.08 Å². The maximum Gasteiger partial charge on any atom is 0.312 e. The third kappa shape index (κ3) is 2.30. The average molecular weight is 229 g/mol. The number of H-pyrrole nitrogens is 1. The largest absolute Gasteiger partial charge is 0.481 e. The van der Waals surface area contributed by atoms with E-state index >= 15 is 0 Å². The minimum atomic E-state index is -0.835. The molecule has 5 heteroatoms. The Balaban J connectivity index is 3.10. The van der Waals surface area contributed by atoms with Gasteiger partial charge in [-0.15, -0.1) is 17.9 Å². The molecule has 76 valence electrons. The van der Waals surface area contributed by atoms with E-state index in [4.69, 9.17) is 17.3 Å². The van der Waals surface area contributed by atoms with Crippen molar-refractivity contribution in [3.63, 3.8) is 0 Å². The van der Waals surface area contributed by atoms with Crippen molar-refractivity contribution < 1.29 is 9.90 Å².